The Morgan fingerprint density at radius 3 is 2.63 bits per heavy atom. The van der Waals surface area contributed by atoms with E-state index in [9.17, 15) is 15.0 Å². The molecule has 2 unspecified atom stereocenters. The SMILES string of the molecule is CNCCC(O)C(O)c1cccc(C(=O)N(C)C)c1. The van der Waals surface area contributed by atoms with Gasteiger partial charge in [-0.1, -0.05) is 12.1 Å². The van der Waals surface area contributed by atoms with Gasteiger partial charge in [-0.15, -0.1) is 0 Å². The molecule has 5 nitrogen and oxygen atoms in total. The molecule has 0 aliphatic rings. The van der Waals surface area contributed by atoms with Crippen LogP contribution in [0.25, 0.3) is 0 Å². The molecule has 1 aromatic carbocycles. The normalized spacial score (nSPS) is 13.9. The van der Waals surface area contributed by atoms with Crippen LogP contribution in [0.1, 0.15) is 28.4 Å². The van der Waals surface area contributed by atoms with Gasteiger partial charge in [-0.3, -0.25) is 4.79 Å². The van der Waals surface area contributed by atoms with Gasteiger partial charge in [0, 0.05) is 19.7 Å². The zero-order valence-electron chi connectivity index (χ0n) is 11.6. The number of hydrogen-bond acceptors (Lipinski definition) is 4. The third-order valence-electron chi connectivity index (χ3n) is 2.94. The van der Waals surface area contributed by atoms with Crippen LogP contribution in [0.15, 0.2) is 24.3 Å². The van der Waals surface area contributed by atoms with E-state index >= 15 is 0 Å². The number of rotatable bonds is 6. The third-order valence-corrected chi connectivity index (χ3v) is 2.94. The molecular weight excluding hydrogens is 244 g/mol. The van der Waals surface area contributed by atoms with E-state index in [1.165, 1.54) is 4.90 Å². The highest BCUT2D eigenvalue weighted by atomic mass is 16.3. The maximum Gasteiger partial charge on any atom is 0.253 e. The van der Waals surface area contributed by atoms with E-state index in [1.807, 2.05) is 0 Å². The van der Waals surface area contributed by atoms with Gasteiger partial charge in [-0.05, 0) is 37.7 Å². The van der Waals surface area contributed by atoms with Crippen LogP contribution in [0, 0.1) is 0 Å². The van der Waals surface area contributed by atoms with E-state index in [-0.39, 0.29) is 5.91 Å². The number of carbonyl (C=O) groups excluding carboxylic acids is 1. The van der Waals surface area contributed by atoms with E-state index in [1.54, 1.807) is 45.4 Å². The molecule has 0 fully saturated rings. The summed E-state index contributed by atoms with van der Waals surface area (Å²) in [6, 6.07) is 6.73. The summed E-state index contributed by atoms with van der Waals surface area (Å²) in [7, 11) is 5.13. The third kappa shape index (κ3) is 4.31. The number of hydrogen-bond donors (Lipinski definition) is 3. The molecule has 106 valence electrons. The quantitative estimate of drug-likeness (QED) is 0.696. The summed E-state index contributed by atoms with van der Waals surface area (Å²) >= 11 is 0. The monoisotopic (exact) mass is 266 g/mol. The van der Waals surface area contributed by atoms with Crippen molar-refractivity contribution in [3.8, 4) is 0 Å². The Labute approximate surface area is 113 Å². The van der Waals surface area contributed by atoms with Crippen molar-refractivity contribution in [3.63, 3.8) is 0 Å². The highest BCUT2D eigenvalue weighted by Gasteiger charge is 2.19. The number of aliphatic hydroxyl groups is 2. The van der Waals surface area contributed by atoms with Crippen molar-refractivity contribution in [3.05, 3.63) is 35.4 Å². The van der Waals surface area contributed by atoms with Crippen molar-refractivity contribution in [1.82, 2.24) is 10.2 Å². The van der Waals surface area contributed by atoms with E-state index in [4.69, 9.17) is 0 Å². The first-order chi connectivity index (χ1) is 8.97. The van der Waals surface area contributed by atoms with Gasteiger partial charge in [0.25, 0.3) is 5.91 Å². The first-order valence-electron chi connectivity index (χ1n) is 6.29. The molecule has 1 amide bonds. The molecule has 0 saturated carbocycles. The second-order valence-electron chi connectivity index (χ2n) is 4.73. The highest BCUT2D eigenvalue weighted by Crippen LogP contribution is 2.20. The number of benzene rings is 1. The number of carbonyl (C=O) groups is 1. The van der Waals surface area contributed by atoms with Crippen LogP contribution in [-0.2, 0) is 0 Å². The topological polar surface area (TPSA) is 72.8 Å². The van der Waals surface area contributed by atoms with Gasteiger partial charge in [0.15, 0.2) is 0 Å². The van der Waals surface area contributed by atoms with Crippen molar-refractivity contribution >= 4 is 5.91 Å². The summed E-state index contributed by atoms with van der Waals surface area (Å²) in [5, 5.41) is 22.8. The molecule has 5 heteroatoms. The number of amides is 1. The predicted octanol–water partition coefficient (Wildman–Crippen LogP) is 0.392. The Balaban J connectivity index is 2.83. The van der Waals surface area contributed by atoms with Crippen LogP contribution in [0.3, 0.4) is 0 Å². The van der Waals surface area contributed by atoms with Crippen LogP contribution < -0.4 is 5.32 Å². The molecule has 0 heterocycles. The molecule has 0 bridgehead atoms. The molecule has 1 aromatic rings. The van der Waals surface area contributed by atoms with Crippen molar-refractivity contribution in [1.29, 1.82) is 0 Å². The fourth-order valence-electron chi connectivity index (χ4n) is 1.79. The van der Waals surface area contributed by atoms with Gasteiger partial charge < -0.3 is 20.4 Å². The van der Waals surface area contributed by atoms with Gasteiger partial charge >= 0.3 is 0 Å². The zero-order chi connectivity index (χ0) is 14.4. The lowest BCUT2D eigenvalue weighted by Gasteiger charge is -2.19. The second kappa shape index (κ2) is 7.23. The number of aliphatic hydroxyl groups excluding tert-OH is 2. The Morgan fingerprint density at radius 1 is 1.37 bits per heavy atom. The zero-order valence-corrected chi connectivity index (χ0v) is 11.6. The standard InChI is InChI=1S/C14H22N2O3/c1-15-8-7-12(17)13(18)10-5-4-6-11(9-10)14(19)16(2)3/h4-6,9,12-13,15,17-18H,7-8H2,1-3H3. The molecule has 0 spiro atoms. The summed E-state index contributed by atoms with van der Waals surface area (Å²) in [6.45, 7) is 0.620. The average molecular weight is 266 g/mol. The van der Waals surface area contributed by atoms with E-state index < -0.39 is 12.2 Å². The molecule has 3 N–H and O–H groups in total. The van der Waals surface area contributed by atoms with E-state index in [0.29, 0.717) is 24.1 Å². The van der Waals surface area contributed by atoms with Gasteiger partial charge in [0.2, 0.25) is 0 Å². The van der Waals surface area contributed by atoms with Crippen LogP contribution >= 0.6 is 0 Å². The van der Waals surface area contributed by atoms with E-state index in [0.717, 1.165) is 0 Å². The average Bonchev–Trinajstić information content (AvgIpc) is 2.43. The molecule has 0 aromatic heterocycles. The van der Waals surface area contributed by atoms with Crippen LogP contribution in [0.5, 0.6) is 0 Å². The van der Waals surface area contributed by atoms with Crippen molar-refractivity contribution in [2.75, 3.05) is 27.7 Å². The van der Waals surface area contributed by atoms with Crippen molar-refractivity contribution < 1.29 is 15.0 Å². The number of nitrogens with zero attached hydrogens (tertiary/aromatic N) is 1. The largest absolute Gasteiger partial charge is 0.390 e. The fraction of sp³-hybridized carbons (Fsp3) is 0.500. The first-order valence-corrected chi connectivity index (χ1v) is 6.29. The van der Waals surface area contributed by atoms with Gasteiger partial charge in [0.1, 0.15) is 6.10 Å². The number of nitrogens with one attached hydrogen (secondary N) is 1. The molecule has 0 radical (unpaired) electrons. The Bertz CT molecular complexity index is 421. The van der Waals surface area contributed by atoms with Gasteiger partial charge in [-0.25, -0.2) is 0 Å². The maximum atomic E-state index is 11.8. The summed E-state index contributed by atoms with van der Waals surface area (Å²) in [6.07, 6.45) is -1.39. The molecule has 0 aliphatic heterocycles. The highest BCUT2D eigenvalue weighted by molar-refractivity contribution is 5.94. The van der Waals surface area contributed by atoms with Gasteiger partial charge in [0.05, 0.1) is 6.10 Å². The second-order valence-corrected chi connectivity index (χ2v) is 4.73. The Hall–Kier alpha value is -1.43. The molecule has 1 rings (SSSR count). The maximum absolute atomic E-state index is 11.8. The van der Waals surface area contributed by atoms with Crippen molar-refractivity contribution in [2.45, 2.75) is 18.6 Å². The molecule has 2 atom stereocenters. The Morgan fingerprint density at radius 2 is 2.05 bits per heavy atom. The van der Waals surface area contributed by atoms with E-state index in [2.05, 4.69) is 5.32 Å². The van der Waals surface area contributed by atoms with Crippen LogP contribution in [0.2, 0.25) is 0 Å². The van der Waals surface area contributed by atoms with Crippen molar-refractivity contribution in [2.24, 2.45) is 0 Å². The fourth-order valence-corrected chi connectivity index (χ4v) is 1.79. The summed E-state index contributed by atoms with van der Waals surface area (Å²) in [4.78, 5) is 13.3. The van der Waals surface area contributed by atoms with Crippen LogP contribution in [-0.4, -0.2) is 54.8 Å². The molecule has 0 aliphatic carbocycles. The lowest BCUT2D eigenvalue weighted by molar-refractivity contribution is 0.0140. The minimum atomic E-state index is -0.983. The summed E-state index contributed by atoms with van der Waals surface area (Å²) in [5.41, 5.74) is 1.05. The lowest BCUT2D eigenvalue weighted by Crippen LogP contribution is -2.24. The first kappa shape index (κ1) is 15.6. The lowest BCUT2D eigenvalue weighted by atomic mass is 10.00. The molecular formula is C14H22N2O3. The smallest absolute Gasteiger partial charge is 0.253 e. The van der Waals surface area contributed by atoms with Gasteiger partial charge in [-0.2, -0.15) is 0 Å². The molecule has 0 saturated heterocycles. The predicted molar refractivity (Wildman–Crippen MR) is 74.0 cm³/mol. The van der Waals surface area contributed by atoms with Crippen LogP contribution in [0.4, 0.5) is 0 Å². The Kier molecular flexibility index (Phi) is 5.95. The minimum Gasteiger partial charge on any atom is -0.390 e. The molecule has 19 heavy (non-hydrogen) atoms. The minimum absolute atomic E-state index is 0.126. The summed E-state index contributed by atoms with van der Waals surface area (Å²) in [5.74, 6) is -0.126. The summed E-state index contributed by atoms with van der Waals surface area (Å²) < 4.78 is 0.